The average Bonchev–Trinajstić information content (AvgIpc) is 2.83. The first kappa shape index (κ1) is 12.0. The van der Waals surface area contributed by atoms with Crippen LogP contribution in [0.3, 0.4) is 0 Å². The van der Waals surface area contributed by atoms with Gasteiger partial charge in [-0.3, -0.25) is 9.59 Å². The highest BCUT2D eigenvalue weighted by atomic mass is 32.1. The van der Waals surface area contributed by atoms with E-state index in [9.17, 15) is 9.59 Å². The maximum Gasteiger partial charge on any atom is 0.308 e. The number of aryl methyl sites for hydroxylation is 1. The second kappa shape index (κ2) is 4.44. The van der Waals surface area contributed by atoms with Crippen molar-refractivity contribution in [2.75, 3.05) is 13.1 Å². The van der Waals surface area contributed by atoms with E-state index in [1.54, 1.807) is 17.2 Å². The van der Waals surface area contributed by atoms with E-state index < -0.39 is 11.9 Å². The van der Waals surface area contributed by atoms with Gasteiger partial charge in [0.25, 0.3) is 5.91 Å². The Morgan fingerprint density at radius 2 is 2.24 bits per heavy atom. The normalized spacial score (nSPS) is 24.0. The van der Waals surface area contributed by atoms with Crippen LogP contribution in [0.4, 0.5) is 0 Å². The molecule has 1 amide bonds. The fraction of sp³-hybridized carbons (Fsp3) is 0.545. The Balaban J connectivity index is 2.13. The second-order valence-corrected chi connectivity index (χ2v) is 5.07. The largest absolute Gasteiger partial charge is 0.481 e. The van der Waals surface area contributed by atoms with Crippen LogP contribution in [0, 0.1) is 18.8 Å². The number of hydrogen-bond acceptors (Lipinski definition) is 4. The zero-order chi connectivity index (χ0) is 12.6. The lowest BCUT2D eigenvalue weighted by molar-refractivity contribution is -0.142. The van der Waals surface area contributed by atoms with Crippen molar-refractivity contribution < 1.29 is 14.7 Å². The van der Waals surface area contributed by atoms with Crippen LogP contribution in [-0.2, 0) is 4.79 Å². The van der Waals surface area contributed by atoms with Gasteiger partial charge in [-0.15, -0.1) is 0 Å². The Morgan fingerprint density at radius 1 is 1.53 bits per heavy atom. The second-order valence-electron chi connectivity index (χ2n) is 4.45. The molecular weight excluding hydrogens is 240 g/mol. The smallest absolute Gasteiger partial charge is 0.308 e. The number of aromatic nitrogens is 1. The van der Waals surface area contributed by atoms with Gasteiger partial charge in [0.2, 0.25) is 0 Å². The molecule has 1 aliphatic rings. The molecule has 1 N–H and O–H groups in total. The molecule has 0 bridgehead atoms. The summed E-state index contributed by atoms with van der Waals surface area (Å²) in [5, 5.41) is 10.7. The number of carboxylic acids is 1. The molecular formula is C11H14N2O3S. The summed E-state index contributed by atoms with van der Waals surface area (Å²) in [4.78, 5) is 24.7. The maximum absolute atomic E-state index is 12.1. The fourth-order valence-electron chi connectivity index (χ4n) is 2.12. The van der Waals surface area contributed by atoms with Crippen LogP contribution < -0.4 is 0 Å². The van der Waals surface area contributed by atoms with E-state index in [4.69, 9.17) is 5.11 Å². The Kier molecular flexibility index (Phi) is 3.15. The third-order valence-corrected chi connectivity index (χ3v) is 3.92. The molecule has 5 nitrogen and oxygen atoms in total. The van der Waals surface area contributed by atoms with E-state index in [1.807, 2.05) is 6.92 Å². The van der Waals surface area contributed by atoms with Gasteiger partial charge < -0.3 is 10.0 Å². The number of nitrogens with zero attached hydrogens (tertiary/aromatic N) is 2. The Hall–Kier alpha value is -1.43. The highest BCUT2D eigenvalue weighted by molar-refractivity contribution is 7.03. The molecule has 1 saturated heterocycles. The van der Waals surface area contributed by atoms with Crippen molar-refractivity contribution >= 4 is 23.4 Å². The lowest BCUT2D eigenvalue weighted by Gasteiger charge is -2.15. The van der Waals surface area contributed by atoms with Gasteiger partial charge in [-0.1, -0.05) is 6.92 Å². The summed E-state index contributed by atoms with van der Waals surface area (Å²) in [6.45, 7) is 4.46. The predicted octanol–water partition coefficient (Wildman–Crippen LogP) is 1.24. The van der Waals surface area contributed by atoms with Gasteiger partial charge in [-0.2, -0.15) is 4.37 Å². The van der Waals surface area contributed by atoms with Crippen molar-refractivity contribution in [3.63, 3.8) is 0 Å². The number of amides is 1. The van der Waals surface area contributed by atoms with E-state index in [-0.39, 0.29) is 11.8 Å². The fourth-order valence-corrected chi connectivity index (χ4v) is 2.81. The average molecular weight is 254 g/mol. The molecule has 2 heterocycles. The zero-order valence-corrected chi connectivity index (χ0v) is 10.5. The minimum absolute atomic E-state index is 0.00310. The molecule has 0 spiro atoms. The maximum atomic E-state index is 12.1. The lowest BCUT2D eigenvalue weighted by Crippen LogP contribution is -2.30. The summed E-state index contributed by atoms with van der Waals surface area (Å²) in [5.74, 6) is -1.38. The van der Waals surface area contributed by atoms with E-state index in [1.165, 1.54) is 11.5 Å². The van der Waals surface area contributed by atoms with Crippen LogP contribution in [0.15, 0.2) is 5.38 Å². The number of aliphatic carboxylic acids is 1. The number of carboxylic acid groups (broad SMARTS) is 1. The molecule has 1 aromatic rings. The lowest BCUT2D eigenvalue weighted by atomic mass is 9.99. The SMILES string of the molecule is Cc1nscc1C(=O)N1C[C@@H](C)[C@H](C(=O)O)C1. The van der Waals surface area contributed by atoms with E-state index in [0.29, 0.717) is 24.3 Å². The van der Waals surface area contributed by atoms with E-state index in [0.717, 1.165) is 0 Å². The topological polar surface area (TPSA) is 70.5 Å². The third kappa shape index (κ3) is 2.17. The molecule has 92 valence electrons. The Labute approximate surface area is 103 Å². The molecule has 1 fully saturated rings. The number of carbonyl (C=O) groups is 2. The first-order valence-corrected chi connectivity index (χ1v) is 6.27. The van der Waals surface area contributed by atoms with Crippen LogP contribution in [-0.4, -0.2) is 39.3 Å². The molecule has 0 aliphatic carbocycles. The highest BCUT2D eigenvalue weighted by Gasteiger charge is 2.37. The molecule has 6 heteroatoms. The molecule has 0 unspecified atom stereocenters. The summed E-state index contributed by atoms with van der Waals surface area (Å²) in [6.07, 6.45) is 0. The monoisotopic (exact) mass is 254 g/mol. The van der Waals surface area contributed by atoms with Crippen LogP contribution in [0.5, 0.6) is 0 Å². The van der Waals surface area contributed by atoms with Crippen molar-refractivity contribution in [3.05, 3.63) is 16.6 Å². The molecule has 1 aliphatic heterocycles. The number of carbonyl (C=O) groups excluding carboxylic acids is 1. The minimum atomic E-state index is -0.826. The molecule has 2 rings (SSSR count). The van der Waals surface area contributed by atoms with Crippen LogP contribution in [0.1, 0.15) is 23.0 Å². The van der Waals surface area contributed by atoms with E-state index >= 15 is 0 Å². The first-order chi connectivity index (χ1) is 8.00. The molecule has 17 heavy (non-hydrogen) atoms. The Bertz CT molecular complexity index is 457. The van der Waals surface area contributed by atoms with Crippen molar-refractivity contribution in [3.8, 4) is 0 Å². The summed E-state index contributed by atoms with van der Waals surface area (Å²) in [5.41, 5.74) is 1.31. The standard InChI is InChI=1S/C11H14N2O3S/c1-6-3-13(4-8(6)11(15)16)10(14)9-5-17-12-7(9)2/h5-6,8H,3-4H2,1-2H3,(H,15,16)/t6-,8-/m1/s1. The first-order valence-electron chi connectivity index (χ1n) is 5.43. The summed E-state index contributed by atoms with van der Waals surface area (Å²) < 4.78 is 4.06. The number of hydrogen-bond donors (Lipinski definition) is 1. The van der Waals surface area contributed by atoms with Gasteiger partial charge in [-0.25, -0.2) is 0 Å². The van der Waals surface area contributed by atoms with Gasteiger partial charge >= 0.3 is 5.97 Å². The molecule has 0 aromatic carbocycles. The van der Waals surface area contributed by atoms with Gasteiger partial charge in [0.1, 0.15) is 0 Å². The number of likely N-dealkylation sites (tertiary alicyclic amines) is 1. The van der Waals surface area contributed by atoms with E-state index in [2.05, 4.69) is 4.37 Å². The number of rotatable bonds is 2. The highest BCUT2D eigenvalue weighted by Crippen LogP contribution is 2.25. The zero-order valence-electron chi connectivity index (χ0n) is 9.71. The predicted molar refractivity (Wildman–Crippen MR) is 63.0 cm³/mol. The summed E-state index contributed by atoms with van der Waals surface area (Å²) in [6, 6.07) is 0. The summed E-state index contributed by atoms with van der Waals surface area (Å²) >= 11 is 1.25. The third-order valence-electron chi connectivity index (χ3n) is 3.20. The molecule has 1 aromatic heterocycles. The van der Waals surface area contributed by atoms with Gasteiger partial charge in [0, 0.05) is 18.5 Å². The minimum Gasteiger partial charge on any atom is -0.481 e. The van der Waals surface area contributed by atoms with Crippen LogP contribution in [0.25, 0.3) is 0 Å². The quantitative estimate of drug-likeness (QED) is 0.862. The van der Waals surface area contributed by atoms with Crippen molar-refractivity contribution in [1.29, 1.82) is 0 Å². The molecule has 0 radical (unpaired) electrons. The van der Waals surface area contributed by atoms with Gasteiger partial charge in [-0.05, 0) is 24.4 Å². The van der Waals surface area contributed by atoms with Crippen molar-refractivity contribution in [2.45, 2.75) is 13.8 Å². The molecule has 2 atom stereocenters. The summed E-state index contributed by atoms with van der Waals surface area (Å²) in [7, 11) is 0. The van der Waals surface area contributed by atoms with Crippen LogP contribution in [0.2, 0.25) is 0 Å². The van der Waals surface area contributed by atoms with Crippen LogP contribution >= 0.6 is 11.5 Å². The Morgan fingerprint density at radius 3 is 2.71 bits per heavy atom. The molecule has 0 saturated carbocycles. The van der Waals surface area contributed by atoms with Crippen molar-refractivity contribution in [1.82, 2.24) is 9.27 Å². The van der Waals surface area contributed by atoms with Gasteiger partial charge in [0.15, 0.2) is 0 Å². The van der Waals surface area contributed by atoms with Crippen molar-refractivity contribution in [2.24, 2.45) is 11.8 Å². The van der Waals surface area contributed by atoms with Gasteiger partial charge in [0.05, 0.1) is 17.2 Å².